The molecular weight excluding hydrogens is 442 g/mol. The number of hydrogen-bond acceptors (Lipinski definition) is 7. The molecule has 0 saturated carbocycles. The molecule has 9 nitrogen and oxygen atoms in total. The van der Waals surface area contributed by atoms with Crippen LogP contribution in [0.5, 0.6) is 0 Å². The van der Waals surface area contributed by atoms with Gasteiger partial charge in [0.05, 0.1) is 11.1 Å². The van der Waals surface area contributed by atoms with Gasteiger partial charge in [0, 0.05) is 29.9 Å². The first-order valence-electron chi connectivity index (χ1n) is 11.3. The van der Waals surface area contributed by atoms with Crippen LogP contribution in [-0.4, -0.2) is 44.1 Å². The summed E-state index contributed by atoms with van der Waals surface area (Å²) in [4.78, 5) is 12.7. The van der Waals surface area contributed by atoms with E-state index in [0.717, 1.165) is 27.9 Å². The van der Waals surface area contributed by atoms with Gasteiger partial charge in [-0.1, -0.05) is 35.5 Å². The van der Waals surface area contributed by atoms with Crippen molar-refractivity contribution in [2.75, 3.05) is 18.4 Å². The second-order valence-electron chi connectivity index (χ2n) is 8.28. The summed E-state index contributed by atoms with van der Waals surface area (Å²) in [6.07, 6.45) is 0. The summed E-state index contributed by atoms with van der Waals surface area (Å²) in [5.74, 6) is 1.76. The van der Waals surface area contributed by atoms with E-state index in [1.54, 1.807) is 16.8 Å². The number of anilines is 1. The van der Waals surface area contributed by atoms with Crippen molar-refractivity contribution in [1.82, 2.24) is 30.5 Å². The van der Waals surface area contributed by atoms with Gasteiger partial charge in [-0.05, 0) is 56.7 Å². The van der Waals surface area contributed by atoms with E-state index in [-0.39, 0.29) is 5.91 Å². The van der Waals surface area contributed by atoms with Crippen molar-refractivity contribution < 1.29 is 9.32 Å². The largest absolute Gasteiger partial charge is 0.367 e. The van der Waals surface area contributed by atoms with Crippen LogP contribution >= 0.6 is 0 Å². The molecule has 9 heteroatoms. The first kappa shape index (κ1) is 22.3. The van der Waals surface area contributed by atoms with Crippen LogP contribution in [0, 0.1) is 20.8 Å². The Labute approximate surface area is 202 Å². The highest BCUT2D eigenvalue weighted by molar-refractivity contribution is 6.01. The highest BCUT2D eigenvalue weighted by atomic mass is 16.5. The fraction of sp³-hybridized carbons (Fsp3) is 0.192. The van der Waals surface area contributed by atoms with E-state index < -0.39 is 0 Å². The third kappa shape index (κ3) is 4.48. The van der Waals surface area contributed by atoms with Gasteiger partial charge in [0.25, 0.3) is 5.91 Å². The van der Waals surface area contributed by atoms with E-state index >= 15 is 0 Å². The molecule has 5 aromatic rings. The second-order valence-corrected chi connectivity index (χ2v) is 8.28. The highest BCUT2D eigenvalue weighted by Gasteiger charge is 2.14. The van der Waals surface area contributed by atoms with Crippen molar-refractivity contribution in [3.05, 3.63) is 83.2 Å². The number of hydrogen-bond donors (Lipinski definition) is 2. The zero-order chi connectivity index (χ0) is 24.4. The van der Waals surface area contributed by atoms with Crippen molar-refractivity contribution in [2.45, 2.75) is 20.8 Å². The minimum Gasteiger partial charge on any atom is -0.367 e. The lowest BCUT2D eigenvalue weighted by atomic mass is 10.1. The van der Waals surface area contributed by atoms with Gasteiger partial charge in [-0.25, -0.2) is 4.68 Å². The predicted octanol–water partition coefficient (Wildman–Crippen LogP) is 4.24. The summed E-state index contributed by atoms with van der Waals surface area (Å²) in [6, 6.07) is 18.8. The number of fused-ring (bicyclic) bond motifs is 1. The van der Waals surface area contributed by atoms with Crippen LogP contribution in [0.2, 0.25) is 0 Å². The molecule has 5 rings (SSSR count). The topological polar surface area (TPSA) is 111 Å². The highest BCUT2D eigenvalue weighted by Crippen LogP contribution is 2.29. The van der Waals surface area contributed by atoms with Gasteiger partial charge in [0.1, 0.15) is 11.3 Å². The quantitative estimate of drug-likeness (QED) is 0.345. The number of benzene rings is 2. The van der Waals surface area contributed by atoms with Crippen LogP contribution in [0.25, 0.3) is 28.0 Å². The normalized spacial score (nSPS) is 11.1. The number of carbonyl (C=O) groups is 1. The van der Waals surface area contributed by atoms with Crippen LogP contribution in [0.4, 0.5) is 5.82 Å². The summed E-state index contributed by atoms with van der Waals surface area (Å²) in [5.41, 5.74) is 5.32. The molecule has 0 aliphatic heterocycles. The fourth-order valence-electron chi connectivity index (χ4n) is 3.83. The molecule has 2 N–H and O–H groups in total. The summed E-state index contributed by atoms with van der Waals surface area (Å²) < 4.78 is 7.31. The van der Waals surface area contributed by atoms with Crippen molar-refractivity contribution in [3.63, 3.8) is 0 Å². The van der Waals surface area contributed by atoms with Gasteiger partial charge < -0.3 is 15.2 Å². The van der Waals surface area contributed by atoms with Crippen LogP contribution < -0.4 is 10.6 Å². The average Bonchev–Trinajstić information content (AvgIpc) is 3.43. The van der Waals surface area contributed by atoms with E-state index in [1.165, 1.54) is 0 Å². The number of nitrogens with one attached hydrogen (secondary N) is 2. The SMILES string of the molecule is Cc1nn(-c2ccc(NCCNC(=O)c3ccc4noc(-c5ccccc5)c4c3)nn2)c(C)c1C. The molecule has 0 atom stereocenters. The minimum absolute atomic E-state index is 0.171. The maximum atomic E-state index is 12.7. The molecule has 0 fully saturated rings. The standard InChI is InChI=1S/C26H25N7O2/c1-16-17(2)31-33(18(16)3)24-12-11-23(29-30-24)27-13-14-28-26(34)20-9-10-22-21(15-20)25(35-32-22)19-7-5-4-6-8-19/h4-12,15H,13-14H2,1-3H3,(H,27,29)(H,28,34). The summed E-state index contributed by atoms with van der Waals surface area (Å²) in [7, 11) is 0. The predicted molar refractivity (Wildman–Crippen MR) is 134 cm³/mol. The number of rotatable bonds is 7. The molecule has 3 heterocycles. The Morgan fingerprint density at radius 2 is 1.80 bits per heavy atom. The molecule has 0 unspecified atom stereocenters. The maximum Gasteiger partial charge on any atom is 0.251 e. The third-order valence-electron chi connectivity index (χ3n) is 6.01. The van der Waals surface area contributed by atoms with Crippen molar-refractivity contribution >= 4 is 22.6 Å². The van der Waals surface area contributed by atoms with Gasteiger partial charge in [-0.2, -0.15) is 5.10 Å². The third-order valence-corrected chi connectivity index (χ3v) is 6.01. The van der Waals surface area contributed by atoms with Gasteiger partial charge >= 0.3 is 0 Å². The lowest BCUT2D eigenvalue weighted by Gasteiger charge is -2.08. The molecule has 176 valence electrons. The maximum absolute atomic E-state index is 12.7. The van der Waals surface area contributed by atoms with E-state index in [4.69, 9.17) is 4.52 Å². The molecule has 0 aliphatic rings. The summed E-state index contributed by atoms with van der Waals surface area (Å²) >= 11 is 0. The van der Waals surface area contributed by atoms with Gasteiger partial charge in [0.2, 0.25) is 0 Å². The van der Waals surface area contributed by atoms with Crippen molar-refractivity contribution in [2.24, 2.45) is 0 Å². The monoisotopic (exact) mass is 467 g/mol. The van der Waals surface area contributed by atoms with E-state index in [2.05, 4.69) is 31.1 Å². The molecule has 2 aromatic carbocycles. The van der Waals surface area contributed by atoms with Crippen LogP contribution in [0.15, 0.2) is 65.2 Å². The first-order valence-corrected chi connectivity index (χ1v) is 11.3. The molecule has 35 heavy (non-hydrogen) atoms. The molecule has 0 radical (unpaired) electrons. The lowest BCUT2D eigenvalue weighted by molar-refractivity contribution is 0.0955. The molecule has 3 aromatic heterocycles. The summed E-state index contributed by atoms with van der Waals surface area (Å²) in [6.45, 7) is 6.95. The average molecular weight is 468 g/mol. The van der Waals surface area contributed by atoms with Gasteiger partial charge in [-0.3, -0.25) is 4.79 Å². The van der Waals surface area contributed by atoms with E-state index in [0.29, 0.717) is 41.6 Å². The molecule has 0 spiro atoms. The Morgan fingerprint density at radius 3 is 2.51 bits per heavy atom. The van der Waals surface area contributed by atoms with E-state index in [9.17, 15) is 4.79 Å². The Hall–Kier alpha value is -4.53. The van der Waals surface area contributed by atoms with Gasteiger partial charge in [0.15, 0.2) is 11.6 Å². The Bertz CT molecular complexity index is 1490. The van der Waals surface area contributed by atoms with Crippen LogP contribution in [0.3, 0.4) is 0 Å². The number of carbonyl (C=O) groups excluding carboxylic acids is 1. The molecule has 1 amide bonds. The Kier molecular flexibility index (Phi) is 5.97. The van der Waals surface area contributed by atoms with Crippen molar-refractivity contribution in [3.8, 4) is 17.1 Å². The zero-order valence-corrected chi connectivity index (χ0v) is 19.7. The number of aromatic nitrogens is 5. The Balaban J connectivity index is 1.18. The number of nitrogens with zero attached hydrogens (tertiary/aromatic N) is 5. The number of amides is 1. The van der Waals surface area contributed by atoms with Crippen LogP contribution in [0.1, 0.15) is 27.3 Å². The van der Waals surface area contributed by atoms with E-state index in [1.807, 2.05) is 69.3 Å². The van der Waals surface area contributed by atoms with Gasteiger partial charge in [-0.15, -0.1) is 10.2 Å². The molecule has 0 saturated heterocycles. The smallest absolute Gasteiger partial charge is 0.251 e. The minimum atomic E-state index is -0.171. The zero-order valence-electron chi connectivity index (χ0n) is 19.7. The van der Waals surface area contributed by atoms with Crippen molar-refractivity contribution in [1.29, 1.82) is 0 Å². The molecule has 0 bridgehead atoms. The Morgan fingerprint density at radius 1 is 0.971 bits per heavy atom. The fourth-order valence-corrected chi connectivity index (χ4v) is 3.83. The second kappa shape index (κ2) is 9.38. The lowest BCUT2D eigenvalue weighted by Crippen LogP contribution is -2.28. The molecular formula is C26H25N7O2. The summed E-state index contributed by atoms with van der Waals surface area (Å²) in [5, 5.41) is 24.0. The first-order chi connectivity index (χ1) is 17.0. The molecule has 0 aliphatic carbocycles. The van der Waals surface area contributed by atoms with Crippen LogP contribution in [-0.2, 0) is 0 Å². The number of aryl methyl sites for hydroxylation is 1.